The molecule has 0 spiro atoms. The maximum absolute atomic E-state index is 11.0. The summed E-state index contributed by atoms with van der Waals surface area (Å²) in [4.78, 5) is 0. The topological polar surface area (TPSA) is 348 Å². The molecule has 0 aromatic carbocycles. The van der Waals surface area contributed by atoms with Crippen LogP contribution in [0.5, 0.6) is 0 Å². The first-order valence-corrected chi connectivity index (χ1v) is 14.1. The lowest BCUT2D eigenvalue weighted by Crippen LogP contribution is -2.67. The fraction of sp³-hybridized carbons (Fsp3) is 1.00. The standard InChI is InChI=1S/C24H42O21/c25-1-5-9(29)12(32)14(34)22(40-5)45-20-11(31)7(3-27)41-24(17(20)37)43-18-8(4-28)42-23(15(35)13(18)33)44-19-10(30)6(2-26)39-21(38)16(19)36/h5-38H,1-4H2/t5-,6-,7-,8-,9-,10-,11-,12+,13-,14-,15-,16-,17-,18+,19+,20+,21?,22+,23+,24+/m1/s1. The van der Waals surface area contributed by atoms with E-state index >= 15 is 0 Å². The van der Waals surface area contributed by atoms with Crippen molar-refractivity contribution in [3.05, 3.63) is 0 Å². The molecule has 0 saturated carbocycles. The van der Waals surface area contributed by atoms with Crippen LogP contribution in [0, 0.1) is 0 Å². The highest BCUT2D eigenvalue weighted by Gasteiger charge is 2.55. The van der Waals surface area contributed by atoms with Crippen LogP contribution in [-0.4, -0.2) is 221 Å². The lowest BCUT2D eigenvalue weighted by Gasteiger charge is -2.49. The van der Waals surface area contributed by atoms with Crippen molar-refractivity contribution in [3.8, 4) is 0 Å². The van der Waals surface area contributed by atoms with Gasteiger partial charge in [0.2, 0.25) is 0 Å². The first-order chi connectivity index (χ1) is 21.3. The van der Waals surface area contributed by atoms with Crippen LogP contribution in [0.15, 0.2) is 0 Å². The van der Waals surface area contributed by atoms with Crippen LogP contribution in [0.3, 0.4) is 0 Å². The fourth-order valence-electron chi connectivity index (χ4n) is 5.53. The van der Waals surface area contributed by atoms with Crippen LogP contribution in [0.25, 0.3) is 0 Å². The van der Waals surface area contributed by atoms with Gasteiger partial charge in [-0.05, 0) is 0 Å². The first kappa shape index (κ1) is 37.0. The van der Waals surface area contributed by atoms with E-state index in [-0.39, 0.29) is 0 Å². The van der Waals surface area contributed by atoms with Gasteiger partial charge in [-0.2, -0.15) is 0 Å². The van der Waals surface area contributed by atoms with Crippen LogP contribution in [0.1, 0.15) is 0 Å². The summed E-state index contributed by atoms with van der Waals surface area (Å²) in [6.07, 6.45) is -35.7. The van der Waals surface area contributed by atoms with Crippen molar-refractivity contribution >= 4 is 0 Å². The number of ether oxygens (including phenoxy) is 7. The van der Waals surface area contributed by atoms with Crippen molar-refractivity contribution in [3.63, 3.8) is 0 Å². The predicted octanol–water partition coefficient (Wildman–Crippen LogP) is -9.75. The molecule has 0 aromatic rings. The summed E-state index contributed by atoms with van der Waals surface area (Å²) in [7, 11) is 0. The highest BCUT2D eigenvalue weighted by atomic mass is 16.8. The van der Waals surface area contributed by atoms with Crippen molar-refractivity contribution < 1.29 is 105 Å². The molecule has 4 heterocycles. The molecule has 264 valence electrons. The number of aliphatic hydroxyl groups is 14. The monoisotopic (exact) mass is 666 g/mol. The average molecular weight is 667 g/mol. The lowest BCUT2D eigenvalue weighted by molar-refractivity contribution is -0.388. The molecule has 14 N–H and O–H groups in total. The van der Waals surface area contributed by atoms with Gasteiger partial charge < -0.3 is 105 Å². The molecule has 1 unspecified atom stereocenters. The Labute approximate surface area is 254 Å². The molecule has 45 heavy (non-hydrogen) atoms. The molecule has 4 aliphatic rings. The van der Waals surface area contributed by atoms with Crippen molar-refractivity contribution in [2.75, 3.05) is 26.4 Å². The van der Waals surface area contributed by atoms with E-state index in [1.165, 1.54) is 0 Å². The van der Waals surface area contributed by atoms with Crippen molar-refractivity contribution in [1.29, 1.82) is 0 Å². The van der Waals surface area contributed by atoms with Gasteiger partial charge in [-0.25, -0.2) is 0 Å². The summed E-state index contributed by atoms with van der Waals surface area (Å²) < 4.78 is 37.5. The molecule has 0 radical (unpaired) electrons. The zero-order chi connectivity index (χ0) is 33.3. The van der Waals surface area contributed by atoms with Crippen molar-refractivity contribution in [2.24, 2.45) is 0 Å². The van der Waals surface area contributed by atoms with E-state index in [1.807, 2.05) is 0 Å². The van der Waals surface area contributed by atoms with E-state index < -0.39 is 149 Å². The van der Waals surface area contributed by atoms with Gasteiger partial charge in [0, 0.05) is 0 Å². The summed E-state index contributed by atoms with van der Waals surface area (Å²) in [6, 6.07) is 0. The summed E-state index contributed by atoms with van der Waals surface area (Å²) in [5, 5.41) is 143. The summed E-state index contributed by atoms with van der Waals surface area (Å²) in [5.74, 6) is 0. The quantitative estimate of drug-likeness (QED) is 0.103. The van der Waals surface area contributed by atoms with E-state index in [9.17, 15) is 71.5 Å². The number of aliphatic hydroxyl groups excluding tert-OH is 14. The minimum Gasteiger partial charge on any atom is -0.394 e. The maximum atomic E-state index is 11.0. The van der Waals surface area contributed by atoms with Gasteiger partial charge in [0.25, 0.3) is 0 Å². The summed E-state index contributed by atoms with van der Waals surface area (Å²) in [5.41, 5.74) is 0. The fourth-order valence-corrected chi connectivity index (χ4v) is 5.53. The molecule has 21 nitrogen and oxygen atoms in total. The Kier molecular flexibility index (Phi) is 12.8. The van der Waals surface area contributed by atoms with Crippen molar-refractivity contribution in [2.45, 2.75) is 123 Å². The molecule has 4 aliphatic heterocycles. The molecular formula is C24H42O21. The van der Waals surface area contributed by atoms with E-state index in [2.05, 4.69) is 0 Å². The zero-order valence-corrected chi connectivity index (χ0v) is 23.5. The summed E-state index contributed by atoms with van der Waals surface area (Å²) >= 11 is 0. The second-order valence-corrected chi connectivity index (χ2v) is 11.1. The molecule has 4 saturated heterocycles. The molecular weight excluding hydrogens is 624 g/mol. The molecule has 20 atom stereocenters. The third-order valence-electron chi connectivity index (χ3n) is 8.21. The Hall–Kier alpha value is -0.840. The molecule has 4 fully saturated rings. The Bertz CT molecular complexity index is 914. The summed E-state index contributed by atoms with van der Waals surface area (Å²) in [6.45, 7) is -3.40. The third kappa shape index (κ3) is 7.44. The highest BCUT2D eigenvalue weighted by Crippen LogP contribution is 2.34. The highest BCUT2D eigenvalue weighted by molar-refractivity contribution is 4.97. The van der Waals surface area contributed by atoms with E-state index in [1.54, 1.807) is 0 Å². The third-order valence-corrected chi connectivity index (χ3v) is 8.21. The number of rotatable bonds is 10. The maximum Gasteiger partial charge on any atom is 0.187 e. The van der Waals surface area contributed by atoms with Gasteiger partial charge >= 0.3 is 0 Å². The van der Waals surface area contributed by atoms with Gasteiger partial charge in [0.15, 0.2) is 25.2 Å². The second kappa shape index (κ2) is 15.6. The SMILES string of the molecule is OC[C@H]1O[C@@H](O[C@@H]2[C@@H](O)[C@H](O[C@@H]3[C@H](O)[C@@H](O)[C@H](O[C@H]4[C@H](O)[C@@H](CO)OC(O)[C@@H]4O)O[C@@H]3CO)O[C@H](CO)[C@H]2O)[C@H](O)[C@@H](O)[C@@H]1O. The number of hydrogen-bond acceptors (Lipinski definition) is 21. The first-order valence-electron chi connectivity index (χ1n) is 14.1. The molecule has 0 aromatic heterocycles. The Morgan fingerprint density at radius 1 is 0.333 bits per heavy atom. The van der Waals surface area contributed by atoms with Crippen LogP contribution in [0.2, 0.25) is 0 Å². The normalized spacial score (nSPS) is 52.9. The minimum absolute atomic E-state index is 0.787. The average Bonchev–Trinajstić information content (AvgIpc) is 3.03. The van der Waals surface area contributed by atoms with E-state index in [0.29, 0.717) is 0 Å². The molecule has 21 heteroatoms. The van der Waals surface area contributed by atoms with Crippen LogP contribution >= 0.6 is 0 Å². The van der Waals surface area contributed by atoms with Gasteiger partial charge in [-0.1, -0.05) is 0 Å². The van der Waals surface area contributed by atoms with Gasteiger partial charge in [0.05, 0.1) is 26.4 Å². The van der Waals surface area contributed by atoms with E-state index in [4.69, 9.17) is 33.2 Å². The number of hydrogen-bond donors (Lipinski definition) is 14. The smallest absolute Gasteiger partial charge is 0.187 e. The predicted molar refractivity (Wildman–Crippen MR) is 134 cm³/mol. The Balaban J connectivity index is 1.48. The molecule has 4 rings (SSSR count). The van der Waals surface area contributed by atoms with Crippen LogP contribution in [0.4, 0.5) is 0 Å². The van der Waals surface area contributed by atoms with Crippen LogP contribution < -0.4 is 0 Å². The molecule has 0 bridgehead atoms. The lowest BCUT2D eigenvalue weighted by atomic mass is 9.95. The van der Waals surface area contributed by atoms with Gasteiger partial charge in [0.1, 0.15) is 97.7 Å². The Morgan fingerprint density at radius 2 is 0.711 bits per heavy atom. The minimum atomic E-state index is -2.04. The van der Waals surface area contributed by atoms with Gasteiger partial charge in [-0.15, -0.1) is 0 Å². The second-order valence-electron chi connectivity index (χ2n) is 11.1. The van der Waals surface area contributed by atoms with Gasteiger partial charge in [-0.3, -0.25) is 0 Å². The van der Waals surface area contributed by atoms with E-state index in [0.717, 1.165) is 0 Å². The zero-order valence-electron chi connectivity index (χ0n) is 23.5. The molecule has 0 amide bonds. The Morgan fingerprint density at radius 3 is 1.22 bits per heavy atom. The largest absolute Gasteiger partial charge is 0.394 e. The van der Waals surface area contributed by atoms with Crippen molar-refractivity contribution in [1.82, 2.24) is 0 Å². The molecule has 0 aliphatic carbocycles. The van der Waals surface area contributed by atoms with Crippen LogP contribution in [-0.2, 0) is 33.2 Å².